The van der Waals surface area contributed by atoms with Crippen LogP contribution in [0, 0.1) is 10.1 Å². The van der Waals surface area contributed by atoms with Gasteiger partial charge >= 0.3 is 12.1 Å². The van der Waals surface area contributed by atoms with Crippen molar-refractivity contribution >= 4 is 5.91 Å². The Morgan fingerprint density at radius 2 is 2.12 bits per heavy atom. The maximum atomic E-state index is 9.80. The molecule has 6 heteroatoms. The number of carbonyl (C=O) groups excluding carboxylic acids is 1. The highest BCUT2D eigenvalue weighted by Gasteiger charge is 2.19. The van der Waals surface area contributed by atoms with Crippen LogP contribution < -0.4 is 11.5 Å². The summed E-state index contributed by atoms with van der Waals surface area (Å²) >= 11 is 0. The molecule has 0 radical (unpaired) electrons. The zero-order valence-electron chi connectivity index (χ0n) is 3.90. The third kappa shape index (κ3) is 1.52. The van der Waals surface area contributed by atoms with E-state index in [-0.39, 0.29) is 0 Å². The molecule has 0 aliphatic carbocycles. The molecule has 0 heterocycles. The van der Waals surface area contributed by atoms with E-state index < -0.39 is 17.0 Å². The van der Waals surface area contributed by atoms with Gasteiger partial charge in [0.2, 0.25) is 0 Å². The first kappa shape index (κ1) is 6.83. The van der Waals surface area contributed by atoms with Crippen LogP contribution >= 0.6 is 0 Å². The molecular weight excluding hydrogens is 114 g/mol. The van der Waals surface area contributed by atoms with E-state index in [2.05, 4.69) is 11.5 Å². The highest BCUT2D eigenvalue weighted by atomic mass is 16.6. The number of hydrogen-bond acceptors (Lipinski definition) is 4. The van der Waals surface area contributed by atoms with Crippen molar-refractivity contribution in [2.45, 2.75) is 6.17 Å². The van der Waals surface area contributed by atoms with Gasteiger partial charge in [0.1, 0.15) is 0 Å². The van der Waals surface area contributed by atoms with E-state index in [9.17, 15) is 14.9 Å². The van der Waals surface area contributed by atoms with Crippen molar-refractivity contribution in [2.24, 2.45) is 11.5 Å². The first-order valence-corrected chi connectivity index (χ1v) is 1.74. The average molecular weight is 119 g/mol. The Labute approximate surface area is 44.6 Å². The monoisotopic (exact) mass is 119 g/mol. The number of nitrogens with zero attached hydrogens (tertiary/aromatic N) is 1. The van der Waals surface area contributed by atoms with Gasteiger partial charge in [0.25, 0.3) is 0 Å². The second kappa shape index (κ2) is 2.22. The number of nitrogens with two attached hydrogens (primary N) is 2. The topological polar surface area (TPSA) is 112 Å². The molecule has 0 saturated carbocycles. The Morgan fingerprint density at radius 3 is 2.12 bits per heavy atom. The van der Waals surface area contributed by atoms with Crippen molar-refractivity contribution in [3.05, 3.63) is 10.1 Å². The number of rotatable bonds is 2. The fourth-order valence-electron chi connectivity index (χ4n) is 0.104. The molecule has 0 aromatic rings. The Morgan fingerprint density at radius 1 is 1.75 bits per heavy atom. The maximum Gasteiger partial charge on any atom is 0.341 e. The zero-order valence-corrected chi connectivity index (χ0v) is 3.90. The molecule has 6 nitrogen and oxygen atoms in total. The van der Waals surface area contributed by atoms with Crippen molar-refractivity contribution in [1.82, 2.24) is 0 Å². The number of primary amides is 1. The first-order valence-electron chi connectivity index (χ1n) is 1.74. The number of carbonyl (C=O) groups is 1. The molecule has 0 spiro atoms. The molecule has 0 saturated heterocycles. The Bertz CT molecular complexity index is 108. The highest BCUT2D eigenvalue weighted by molar-refractivity contribution is 5.77. The van der Waals surface area contributed by atoms with Crippen LogP contribution in [0.25, 0.3) is 0 Å². The number of nitro groups is 1. The summed E-state index contributed by atoms with van der Waals surface area (Å²) in [4.78, 5) is 18.4. The quantitative estimate of drug-likeness (QED) is 0.249. The van der Waals surface area contributed by atoms with Crippen LogP contribution in [0.1, 0.15) is 0 Å². The van der Waals surface area contributed by atoms with E-state index in [0.29, 0.717) is 0 Å². The van der Waals surface area contributed by atoms with Crippen molar-refractivity contribution in [2.75, 3.05) is 0 Å². The number of hydrogen-bond donors (Lipinski definition) is 2. The summed E-state index contributed by atoms with van der Waals surface area (Å²) in [5, 5.41) is 9.52. The van der Waals surface area contributed by atoms with Gasteiger partial charge < -0.3 is 5.73 Å². The fraction of sp³-hybridized carbons (Fsp3) is 0.500. The van der Waals surface area contributed by atoms with E-state index in [0.717, 1.165) is 0 Å². The molecule has 1 unspecified atom stereocenters. The van der Waals surface area contributed by atoms with E-state index in [1.165, 1.54) is 0 Å². The van der Waals surface area contributed by atoms with Crippen molar-refractivity contribution < 1.29 is 9.72 Å². The van der Waals surface area contributed by atoms with Crippen LogP contribution in [0.3, 0.4) is 0 Å². The average Bonchev–Trinajstić information content (AvgIpc) is 1.64. The second-order valence-electron chi connectivity index (χ2n) is 1.13. The van der Waals surface area contributed by atoms with Gasteiger partial charge in [0.05, 0.1) is 0 Å². The normalized spacial score (nSPS) is 12.6. The molecular formula is C2H5N3O3. The molecule has 8 heavy (non-hydrogen) atoms. The van der Waals surface area contributed by atoms with Crippen LogP contribution in [0.4, 0.5) is 0 Å². The molecule has 1 amide bonds. The molecule has 46 valence electrons. The summed E-state index contributed by atoms with van der Waals surface area (Å²) in [6.45, 7) is 0. The lowest BCUT2D eigenvalue weighted by molar-refractivity contribution is -0.506. The van der Waals surface area contributed by atoms with Gasteiger partial charge in [-0.2, -0.15) is 0 Å². The Balaban J connectivity index is 3.83. The lowest BCUT2D eigenvalue weighted by Crippen LogP contribution is -2.42. The van der Waals surface area contributed by atoms with Crippen LogP contribution in [-0.4, -0.2) is 17.0 Å². The predicted octanol–water partition coefficient (Wildman–Crippen LogP) is -1.97. The maximum absolute atomic E-state index is 9.80. The summed E-state index contributed by atoms with van der Waals surface area (Å²) in [7, 11) is 0. The van der Waals surface area contributed by atoms with Gasteiger partial charge in [-0.25, -0.2) is 0 Å². The van der Waals surface area contributed by atoms with Crippen LogP contribution in [-0.2, 0) is 4.79 Å². The second-order valence-corrected chi connectivity index (χ2v) is 1.13. The standard InChI is InChI=1S/C2H5N3O3/c3-1(2(4)6)5(7)8/h1H,3H2,(H2,4,6). The van der Waals surface area contributed by atoms with Crippen LogP contribution in [0.5, 0.6) is 0 Å². The minimum atomic E-state index is -1.77. The predicted molar refractivity (Wildman–Crippen MR) is 24.2 cm³/mol. The molecule has 4 N–H and O–H groups in total. The van der Waals surface area contributed by atoms with Crippen molar-refractivity contribution in [3.63, 3.8) is 0 Å². The molecule has 0 rings (SSSR count). The minimum absolute atomic E-state index is 0.956. The molecule has 0 aliphatic rings. The van der Waals surface area contributed by atoms with Crippen LogP contribution in [0.2, 0.25) is 0 Å². The van der Waals surface area contributed by atoms with E-state index in [1.807, 2.05) is 0 Å². The number of amides is 1. The zero-order chi connectivity index (χ0) is 6.73. The first-order chi connectivity index (χ1) is 3.55. The minimum Gasteiger partial charge on any atom is -0.362 e. The van der Waals surface area contributed by atoms with Crippen LogP contribution in [0.15, 0.2) is 0 Å². The van der Waals surface area contributed by atoms with Gasteiger partial charge in [-0.15, -0.1) is 0 Å². The van der Waals surface area contributed by atoms with Gasteiger partial charge in [-0.05, 0) is 0 Å². The Kier molecular flexibility index (Phi) is 1.89. The Hall–Kier alpha value is -1.17. The third-order valence-electron chi connectivity index (χ3n) is 0.519. The van der Waals surface area contributed by atoms with E-state index in [4.69, 9.17) is 0 Å². The fourth-order valence-corrected chi connectivity index (χ4v) is 0.104. The summed E-state index contributed by atoms with van der Waals surface area (Å²) < 4.78 is 0. The van der Waals surface area contributed by atoms with Gasteiger partial charge in [-0.1, -0.05) is 0 Å². The largest absolute Gasteiger partial charge is 0.362 e. The van der Waals surface area contributed by atoms with Crippen molar-refractivity contribution in [3.8, 4) is 0 Å². The molecule has 0 aliphatic heterocycles. The highest BCUT2D eigenvalue weighted by Crippen LogP contribution is 1.73. The van der Waals surface area contributed by atoms with E-state index in [1.54, 1.807) is 0 Å². The lowest BCUT2D eigenvalue weighted by Gasteiger charge is -1.94. The summed E-state index contributed by atoms with van der Waals surface area (Å²) in [5.41, 5.74) is 9.02. The smallest absolute Gasteiger partial charge is 0.341 e. The summed E-state index contributed by atoms with van der Waals surface area (Å²) in [5.74, 6) is -1.13. The molecule has 0 aromatic heterocycles. The third-order valence-corrected chi connectivity index (χ3v) is 0.519. The van der Waals surface area contributed by atoms with Gasteiger partial charge in [0.15, 0.2) is 0 Å². The molecule has 0 bridgehead atoms. The summed E-state index contributed by atoms with van der Waals surface area (Å²) in [6, 6.07) is 0. The lowest BCUT2D eigenvalue weighted by atomic mass is 10.5. The van der Waals surface area contributed by atoms with E-state index >= 15 is 0 Å². The SMILES string of the molecule is NC(=O)C(N)[N+](=O)[O-]. The van der Waals surface area contributed by atoms with Gasteiger partial charge in [0, 0.05) is 4.92 Å². The molecule has 1 atom stereocenters. The molecule has 0 fully saturated rings. The van der Waals surface area contributed by atoms with Gasteiger partial charge in [-0.3, -0.25) is 20.6 Å². The molecule has 0 aromatic carbocycles. The van der Waals surface area contributed by atoms with Crippen molar-refractivity contribution in [1.29, 1.82) is 0 Å². The summed E-state index contributed by atoms with van der Waals surface area (Å²) in [6.07, 6.45) is -1.77.